The van der Waals surface area contributed by atoms with Crippen molar-refractivity contribution >= 4 is 0 Å². The molecule has 0 radical (unpaired) electrons. The molecule has 0 saturated carbocycles. The Morgan fingerprint density at radius 3 is 2.69 bits per heavy atom. The van der Waals surface area contributed by atoms with Crippen molar-refractivity contribution < 1.29 is 5.11 Å². The number of nitrogens with one attached hydrogen (secondary N) is 2. The molecule has 1 rings (SSSR count). The Balaban J connectivity index is 2.21. The summed E-state index contributed by atoms with van der Waals surface area (Å²) in [6.45, 7) is 8.47. The molecule has 3 heteroatoms. The summed E-state index contributed by atoms with van der Waals surface area (Å²) in [7, 11) is 0. The number of aliphatic hydroxyl groups excluding tert-OH is 1. The van der Waals surface area contributed by atoms with Crippen LogP contribution >= 0.6 is 0 Å². The van der Waals surface area contributed by atoms with Gasteiger partial charge < -0.3 is 10.4 Å². The molecule has 0 aromatic carbocycles. The van der Waals surface area contributed by atoms with E-state index in [1.54, 1.807) is 0 Å². The van der Waals surface area contributed by atoms with Crippen LogP contribution in [0.4, 0.5) is 0 Å². The minimum atomic E-state index is -0.291. The molecular weight excluding hydrogens is 164 g/mol. The predicted molar refractivity (Wildman–Crippen MR) is 54.5 cm³/mol. The predicted octanol–water partition coefficient (Wildman–Crippen LogP) is 0.692. The van der Waals surface area contributed by atoms with Gasteiger partial charge in [0.15, 0.2) is 0 Å². The van der Waals surface area contributed by atoms with Crippen molar-refractivity contribution in [3.05, 3.63) is 0 Å². The molecule has 1 heterocycles. The molecule has 3 nitrogen and oxygen atoms in total. The van der Waals surface area contributed by atoms with Gasteiger partial charge in [0, 0.05) is 5.54 Å². The maximum atomic E-state index is 9.37. The van der Waals surface area contributed by atoms with Crippen molar-refractivity contribution in [3.63, 3.8) is 0 Å². The zero-order chi connectivity index (χ0) is 9.90. The highest BCUT2D eigenvalue weighted by Gasteiger charge is 2.20. The second kappa shape index (κ2) is 4.40. The second-order valence-electron chi connectivity index (χ2n) is 4.99. The van der Waals surface area contributed by atoms with Crippen LogP contribution in [0.3, 0.4) is 0 Å². The van der Waals surface area contributed by atoms with E-state index < -0.39 is 0 Å². The third kappa shape index (κ3) is 4.60. The lowest BCUT2D eigenvalue weighted by Gasteiger charge is -2.30. The van der Waals surface area contributed by atoms with Gasteiger partial charge in [-0.25, -0.2) is 0 Å². The van der Waals surface area contributed by atoms with Crippen LogP contribution in [-0.2, 0) is 0 Å². The van der Waals surface area contributed by atoms with E-state index in [1.165, 1.54) is 6.42 Å². The van der Waals surface area contributed by atoms with Crippen LogP contribution in [0.25, 0.3) is 0 Å². The molecule has 0 aliphatic carbocycles. The summed E-state index contributed by atoms with van der Waals surface area (Å²) in [5, 5.41) is 15.9. The normalized spacial score (nSPS) is 30.5. The van der Waals surface area contributed by atoms with Crippen molar-refractivity contribution in [3.8, 4) is 0 Å². The van der Waals surface area contributed by atoms with Crippen LogP contribution in [0.15, 0.2) is 0 Å². The number of hydrogen-bond donors (Lipinski definition) is 3. The minimum absolute atomic E-state index is 0.190. The number of rotatable bonds is 2. The number of hydrogen-bond acceptors (Lipinski definition) is 3. The topological polar surface area (TPSA) is 44.3 Å². The van der Waals surface area contributed by atoms with E-state index >= 15 is 0 Å². The monoisotopic (exact) mass is 186 g/mol. The van der Waals surface area contributed by atoms with Crippen LogP contribution < -0.4 is 10.6 Å². The van der Waals surface area contributed by atoms with E-state index in [2.05, 4.69) is 31.4 Å². The van der Waals surface area contributed by atoms with Gasteiger partial charge in [-0.05, 0) is 52.6 Å². The molecule has 0 aromatic heterocycles. The van der Waals surface area contributed by atoms with Crippen molar-refractivity contribution in [1.82, 2.24) is 10.6 Å². The Morgan fingerprint density at radius 2 is 2.15 bits per heavy atom. The minimum Gasteiger partial charge on any atom is -0.379 e. The van der Waals surface area contributed by atoms with E-state index in [9.17, 15) is 5.11 Å². The first-order valence-corrected chi connectivity index (χ1v) is 5.14. The quantitative estimate of drug-likeness (QED) is 0.594. The zero-order valence-corrected chi connectivity index (χ0v) is 8.93. The highest BCUT2D eigenvalue weighted by atomic mass is 16.3. The highest BCUT2D eigenvalue weighted by molar-refractivity contribution is 4.77. The van der Waals surface area contributed by atoms with Gasteiger partial charge in [-0.15, -0.1) is 0 Å². The van der Waals surface area contributed by atoms with Gasteiger partial charge in [-0.2, -0.15) is 0 Å². The summed E-state index contributed by atoms with van der Waals surface area (Å²) >= 11 is 0. The first-order chi connectivity index (χ1) is 5.97. The maximum Gasteiger partial charge on any atom is 0.105 e. The molecule has 2 unspecified atom stereocenters. The van der Waals surface area contributed by atoms with Crippen LogP contribution in [0.2, 0.25) is 0 Å². The smallest absolute Gasteiger partial charge is 0.105 e. The second-order valence-corrected chi connectivity index (χ2v) is 4.99. The SMILES string of the molecule is CC(C)(C)NCC1CCNC(O)C1. The fourth-order valence-electron chi connectivity index (χ4n) is 1.61. The third-order valence-electron chi connectivity index (χ3n) is 2.41. The van der Waals surface area contributed by atoms with Crippen molar-refractivity contribution in [2.45, 2.75) is 45.4 Å². The summed E-state index contributed by atoms with van der Waals surface area (Å²) in [4.78, 5) is 0. The lowest BCUT2D eigenvalue weighted by molar-refractivity contribution is 0.0789. The first kappa shape index (κ1) is 11.0. The average Bonchev–Trinajstić information content (AvgIpc) is 2.00. The van der Waals surface area contributed by atoms with Crippen LogP contribution in [0.1, 0.15) is 33.6 Å². The van der Waals surface area contributed by atoms with E-state index in [4.69, 9.17) is 0 Å². The Hall–Kier alpha value is -0.120. The van der Waals surface area contributed by atoms with Gasteiger partial charge in [0.25, 0.3) is 0 Å². The standard InChI is InChI=1S/C10H22N2O/c1-10(2,3)12-7-8-4-5-11-9(13)6-8/h8-9,11-13H,4-7H2,1-3H3. The van der Waals surface area contributed by atoms with Crippen LogP contribution in [0.5, 0.6) is 0 Å². The average molecular weight is 186 g/mol. The Kier molecular flexibility index (Phi) is 3.71. The lowest BCUT2D eigenvalue weighted by atomic mass is 9.95. The summed E-state index contributed by atoms with van der Waals surface area (Å²) in [5.74, 6) is 0.621. The molecule has 0 bridgehead atoms. The summed E-state index contributed by atoms with van der Waals surface area (Å²) < 4.78 is 0. The molecule has 1 aliphatic heterocycles. The molecule has 1 fully saturated rings. The third-order valence-corrected chi connectivity index (χ3v) is 2.41. The molecule has 0 amide bonds. The van der Waals surface area contributed by atoms with E-state index in [0.29, 0.717) is 5.92 Å². The fraction of sp³-hybridized carbons (Fsp3) is 1.00. The molecule has 0 aromatic rings. The Labute approximate surface area is 80.9 Å². The highest BCUT2D eigenvalue weighted by Crippen LogP contribution is 2.14. The van der Waals surface area contributed by atoms with Gasteiger partial charge in [-0.3, -0.25) is 5.32 Å². The largest absolute Gasteiger partial charge is 0.379 e. The summed E-state index contributed by atoms with van der Waals surface area (Å²) in [6.07, 6.45) is 1.75. The zero-order valence-electron chi connectivity index (χ0n) is 8.93. The fourth-order valence-corrected chi connectivity index (χ4v) is 1.61. The van der Waals surface area contributed by atoms with Gasteiger partial charge in [0.2, 0.25) is 0 Å². The molecule has 3 N–H and O–H groups in total. The Bertz CT molecular complexity index is 153. The van der Waals surface area contributed by atoms with Crippen LogP contribution in [0, 0.1) is 5.92 Å². The van der Waals surface area contributed by atoms with Gasteiger partial charge in [-0.1, -0.05) is 0 Å². The van der Waals surface area contributed by atoms with Gasteiger partial charge >= 0.3 is 0 Å². The van der Waals surface area contributed by atoms with Crippen molar-refractivity contribution in [2.75, 3.05) is 13.1 Å². The van der Waals surface area contributed by atoms with E-state index in [1.807, 2.05) is 0 Å². The molecule has 2 atom stereocenters. The molecule has 0 spiro atoms. The molecule has 78 valence electrons. The number of piperidine rings is 1. The van der Waals surface area contributed by atoms with Crippen LogP contribution in [-0.4, -0.2) is 30.0 Å². The molecule has 1 saturated heterocycles. The maximum absolute atomic E-state index is 9.37. The van der Waals surface area contributed by atoms with E-state index in [0.717, 1.165) is 19.5 Å². The van der Waals surface area contributed by atoms with Gasteiger partial charge in [0.1, 0.15) is 6.23 Å². The lowest BCUT2D eigenvalue weighted by Crippen LogP contribution is -2.44. The number of aliphatic hydroxyl groups is 1. The van der Waals surface area contributed by atoms with Crippen molar-refractivity contribution in [1.29, 1.82) is 0 Å². The molecule has 1 aliphatic rings. The summed E-state index contributed by atoms with van der Waals surface area (Å²) in [5.41, 5.74) is 0.190. The van der Waals surface area contributed by atoms with Crippen molar-refractivity contribution in [2.24, 2.45) is 5.92 Å². The van der Waals surface area contributed by atoms with E-state index in [-0.39, 0.29) is 11.8 Å². The van der Waals surface area contributed by atoms with Gasteiger partial charge in [0.05, 0.1) is 0 Å². The molecular formula is C10H22N2O. The molecule has 13 heavy (non-hydrogen) atoms. The Morgan fingerprint density at radius 1 is 1.46 bits per heavy atom. The summed E-state index contributed by atoms with van der Waals surface area (Å²) in [6, 6.07) is 0. The first-order valence-electron chi connectivity index (χ1n) is 5.14.